The van der Waals surface area contributed by atoms with E-state index in [9.17, 15) is 14.4 Å². The summed E-state index contributed by atoms with van der Waals surface area (Å²) in [6.07, 6.45) is 0.704. The minimum absolute atomic E-state index is 0.0156. The number of anilines is 1. The second-order valence-corrected chi connectivity index (χ2v) is 5.29. The predicted molar refractivity (Wildman–Crippen MR) is 83.3 cm³/mol. The SMILES string of the molecule is CC(=O)N1CCc2cc(C(=O)C(=O)c3ccccc3)ccc21. The van der Waals surface area contributed by atoms with Crippen molar-refractivity contribution in [1.29, 1.82) is 0 Å². The van der Waals surface area contributed by atoms with Gasteiger partial charge in [0, 0.05) is 30.3 Å². The molecule has 0 spiro atoms. The van der Waals surface area contributed by atoms with Gasteiger partial charge in [0.05, 0.1) is 0 Å². The molecule has 1 aliphatic heterocycles. The van der Waals surface area contributed by atoms with Gasteiger partial charge in [-0.25, -0.2) is 0 Å². The number of Topliss-reactive ketones (excluding diaryl/α,β-unsaturated/α-hetero) is 2. The van der Waals surface area contributed by atoms with Crippen LogP contribution in [0.3, 0.4) is 0 Å². The van der Waals surface area contributed by atoms with E-state index in [1.54, 1.807) is 53.4 Å². The Morgan fingerprint density at radius 2 is 1.59 bits per heavy atom. The molecular formula is C18H15NO3. The Hall–Kier alpha value is -2.75. The summed E-state index contributed by atoms with van der Waals surface area (Å²) in [6, 6.07) is 13.6. The number of rotatable bonds is 3. The zero-order chi connectivity index (χ0) is 15.7. The van der Waals surface area contributed by atoms with Gasteiger partial charge in [-0.1, -0.05) is 30.3 Å². The third-order valence-corrected chi connectivity index (χ3v) is 3.86. The van der Waals surface area contributed by atoms with E-state index in [0.29, 0.717) is 24.1 Å². The molecule has 1 heterocycles. The fourth-order valence-electron chi connectivity index (χ4n) is 2.72. The number of carbonyl (C=O) groups is 3. The highest BCUT2D eigenvalue weighted by Crippen LogP contribution is 2.29. The molecule has 1 amide bonds. The van der Waals surface area contributed by atoms with Crippen LogP contribution in [0, 0.1) is 0 Å². The van der Waals surface area contributed by atoms with Crippen LogP contribution in [0.4, 0.5) is 5.69 Å². The summed E-state index contributed by atoms with van der Waals surface area (Å²) >= 11 is 0. The van der Waals surface area contributed by atoms with Crippen molar-refractivity contribution < 1.29 is 14.4 Å². The molecule has 0 atom stereocenters. The fourth-order valence-corrected chi connectivity index (χ4v) is 2.72. The molecule has 0 fully saturated rings. The Kier molecular flexibility index (Phi) is 3.59. The smallest absolute Gasteiger partial charge is 0.233 e. The van der Waals surface area contributed by atoms with E-state index in [0.717, 1.165) is 11.3 Å². The van der Waals surface area contributed by atoms with Crippen LogP contribution in [0.1, 0.15) is 33.2 Å². The maximum absolute atomic E-state index is 12.3. The molecule has 0 N–H and O–H groups in total. The fraction of sp³-hybridized carbons (Fsp3) is 0.167. The van der Waals surface area contributed by atoms with Crippen molar-refractivity contribution in [3.63, 3.8) is 0 Å². The highest BCUT2D eigenvalue weighted by molar-refractivity contribution is 6.49. The van der Waals surface area contributed by atoms with Crippen LogP contribution in [-0.4, -0.2) is 24.0 Å². The molecule has 0 saturated carbocycles. The molecule has 0 bridgehead atoms. The molecule has 0 radical (unpaired) electrons. The average Bonchev–Trinajstić information content (AvgIpc) is 2.97. The van der Waals surface area contributed by atoms with E-state index in [-0.39, 0.29) is 5.91 Å². The number of hydrogen-bond acceptors (Lipinski definition) is 3. The minimum Gasteiger partial charge on any atom is -0.312 e. The van der Waals surface area contributed by atoms with Crippen LogP contribution in [-0.2, 0) is 11.2 Å². The van der Waals surface area contributed by atoms with E-state index < -0.39 is 11.6 Å². The monoisotopic (exact) mass is 293 g/mol. The molecule has 0 unspecified atom stereocenters. The first-order valence-corrected chi connectivity index (χ1v) is 7.13. The van der Waals surface area contributed by atoms with Crippen LogP contribution in [0.25, 0.3) is 0 Å². The van der Waals surface area contributed by atoms with Crippen molar-refractivity contribution in [2.75, 3.05) is 11.4 Å². The molecule has 2 aromatic carbocycles. The molecule has 1 aliphatic rings. The van der Waals surface area contributed by atoms with Gasteiger partial charge in [0.1, 0.15) is 0 Å². The second kappa shape index (κ2) is 5.56. The highest BCUT2D eigenvalue weighted by atomic mass is 16.2. The minimum atomic E-state index is -0.518. The first kappa shape index (κ1) is 14.2. The quantitative estimate of drug-likeness (QED) is 0.646. The van der Waals surface area contributed by atoms with Gasteiger partial charge in [0.25, 0.3) is 0 Å². The normalized spacial score (nSPS) is 12.9. The van der Waals surface area contributed by atoms with Gasteiger partial charge >= 0.3 is 0 Å². The van der Waals surface area contributed by atoms with Crippen LogP contribution < -0.4 is 4.90 Å². The Morgan fingerprint density at radius 3 is 2.27 bits per heavy atom. The van der Waals surface area contributed by atoms with Crippen molar-refractivity contribution in [2.45, 2.75) is 13.3 Å². The van der Waals surface area contributed by atoms with Crippen LogP contribution in [0.15, 0.2) is 48.5 Å². The summed E-state index contributed by atoms with van der Waals surface area (Å²) in [5.74, 6) is -1.05. The van der Waals surface area contributed by atoms with Crippen LogP contribution in [0.5, 0.6) is 0 Å². The molecule has 2 aromatic rings. The third kappa shape index (κ3) is 2.44. The molecule has 0 aliphatic carbocycles. The van der Waals surface area contributed by atoms with Gasteiger partial charge in [-0.2, -0.15) is 0 Å². The Labute approximate surface area is 128 Å². The van der Waals surface area contributed by atoms with Crippen molar-refractivity contribution in [3.05, 3.63) is 65.2 Å². The van der Waals surface area contributed by atoms with Gasteiger partial charge in [-0.05, 0) is 30.2 Å². The van der Waals surface area contributed by atoms with E-state index in [4.69, 9.17) is 0 Å². The largest absolute Gasteiger partial charge is 0.312 e. The lowest BCUT2D eigenvalue weighted by Gasteiger charge is -2.14. The molecule has 3 rings (SSSR count). The average molecular weight is 293 g/mol. The molecule has 0 saturated heterocycles. The zero-order valence-corrected chi connectivity index (χ0v) is 12.2. The summed E-state index contributed by atoms with van der Waals surface area (Å²) in [7, 11) is 0. The number of fused-ring (bicyclic) bond motifs is 1. The van der Waals surface area contributed by atoms with Crippen LogP contribution in [0.2, 0.25) is 0 Å². The summed E-state index contributed by atoms with van der Waals surface area (Å²) in [5, 5.41) is 0. The summed E-state index contributed by atoms with van der Waals surface area (Å²) in [4.78, 5) is 37.7. The lowest BCUT2D eigenvalue weighted by molar-refractivity contribution is -0.116. The number of amides is 1. The van der Waals surface area contributed by atoms with Crippen molar-refractivity contribution in [2.24, 2.45) is 0 Å². The summed E-state index contributed by atoms with van der Waals surface area (Å²) in [5.41, 5.74) is 2.52. The maximum atomic E-state index is 12.3. The van der Waals surface area contributed by atoms with E-state index >= 15 is 0 Å². The standard InChI is InChI=1S/C18H15NO3/c1-12(20)19-10-9-14-11-15(7-8-16(14)19)18(22)17(21)13-5-3-2-4-6-13/h2-8,11H,9-10H2,1H3. The van der Waals surface area contributed by atoms with Crippen molar-refractivity contribution >= 4 is 23.2 Å². The zero-order valence-electron chi connectivity index (χ0n) is 12.2. The topological polar surface area (TPSA) is 54.5 Å². The third-order valence-electron chi connectivity index (χ3n) is 3.86. The first-order valence-electron chi connectivity index (χ1n) is 7.13. The molecule has 110 valence electrons. The van der Waals surface area contributed by atoms with E-state index in [1.165, 1.54) is 6.92 Å². The lowest BCUT2D eigenvalue weighted by Crippen LogP contribution is -2.25. The van der Waals surface area contributed by atoms with Gasteiger partial charge in [0.2, 0.25) is 17.5 Å². The van der Waals surface area contributed by atoms with E-state index in [1.807, 2.05) is 0 Å². The number of hydrogen-bond donors (Lipinski definition) is 0. The summed E-state index contributed by atoms with van der Waals surface area (Å²) in [6.45, 7) is 2.14. The lowest BCUT2D eigenvalue weighted by atomic mass is 9.99. The molecule has 0 aromatic heterocycles. The molecule has 4 heteroatoms. The number of carbonyl (C=O) groups excluding carboxylic acids is 3. The Balaban J connectivity index is 1.89. The Bertz CT molecular complexity index is 765. The van der Waals surface area contributed by atoms with Crippen molar-refractivity contribution in [3.8, 4) is 0 Å². The predicted octanol–water partition coefficient (Wildman–Crippen LogP) is 2.66. The molecule has 22 heavy (non-hydrogen) atoms. The van der Waals surface area contributed by atoms with Crippen LogP contribution >= 0.6 is 0 Å². The number of ketones is 2. The maximum Gasteiger partial charge on any atom is 0.233 e. The second-order valence-electron chi connectivity index (χ2n) is 5.29. The Morgan fingerprint density at radius 1 is 0.909 bits per heavy atom. The first-order chi connectivity index (χ1) is 10.6. The number of benzene rings is 2. The highest BCUT2D eigenvalue weighted by Gasteiger charge is 2.25. The van der Waals surface area contributed by atoms with Gasteiger partial charge in [-0.15, -0.1) is 0 Å². The van der Waals surface area contributed by atoms with Gasteiger partial charge in [0.15, 0.2) is 0 Å². The van der Waals surface area contributed by atoms with Gasteiger partial charge in [-0.3, -0.25) is 14.4 Å². The molecular weight excluding hydrogens is 278 g/mol. The van der Waals surface area contributed by atoms with Gasteiger partial charge < -0.3 is 4.90 Å². The van der Waals surface area contributed by atoms with E-state index in [2.05, 4.69) is 0 Å². The number of nitrogens with zero attached hydrogens (tertiary/aromatic N) is 1. The molecule has 4 nitrogen and oxygen atoms in total. The summed E-state index contributed by atoms with van der Waals surface area (Å²) < 4.78 is 0. The van der Waals surface area contributed by atoms with Crippen molar-refractivity contribution in [1.82, 2.24) is 0 Å².